The summed E-state index contributed by atoms with van der Waals surface area (Å²) in [6, 6.07) is 20.6. The molecular weight excluding hydrogens is 434 g/mol. The molecule has 0 aromatic heterocycles. The fourth-order valence-corrected chi connectivity index (χ4v) is 4.67. The van der Waals surface area contributed by atoms with Crippen LogP contribution in [0.25, 0.3) is 0 Å². The van der Waals surface area contributed by atoms with E-state index in [0.29, 0.717) is 36.9 Å². The molecule has 5 nitrogen and oxygen atoms in total. The Labute approximate surface area is 188 Å². The number of benzene rings is 3. The lowest BCUT2D eigenvalue weighted by atomic mass is 10.1. The highest BCUT2D eigenvalue weighted by atomic mass is 35.5. The van der Waals surface area contributed by atoms with Gasteiger partial charge in [-0.15, -0.1) is 0 Å². The summed E-state index contributed by atoms with van der Waals surface area (Å²) in [7, 11) is -3.61. The number of nitrogens with one attached hydrogen (secondary N) is 1. The summed E-state index contributed by atoms with van der Waals surface area (Å²) < 4.78 is 31.2. The zero-order valence-corrected chi connectivity index (χ0v) is 18.9. The minimum atomic E-state index is -3.61. The highest BCUT2D eigenvalue weighted by molar-refractivity contribution is 7.91. The fourth-order valence-electron chi connectivity index (χ4n) is 3.17. The van der Waals surface area contributed by atoms with E-state index >= 15 is 0 Å². The van der Waals surface area contributed by atoms with Crippen molar-refractivity contribution in [1.82, 2.24) is 5.32 Å². The standard InChI is InChI=1S/C24H26ClNO4S/c1-2-30-21-7-4-8-23(16-21)31(28,29)22-11-9-18(10-12-22)13-14-26-17-24(27)19-5-3-6-20(25)15-19/h3-12,15-16,24,26-27H,2,13-14,17H2,1H3. The van der Waals surface area contributed by atoms with E-state index in [-0.39, 0.29) is 9.79 Å². The van der Waals surface area contributed by atoms with E-state index < -0.39 is 15.9 Å². The molecule has 0 saturated heterocycles. The predicted molar refractivity (Wildman–Crippen MR) is 122 cm³/mol. The number of sulfone groups is 1. The SMILES string of the molecule is CCOc1cccc(S(=O)(=O)c2ccc(CCNCC(O)c3cccc(Cl)c3)cc2)c1. The Morgan fingerprint density at radius 1 is 1.00 bits per heavy atom. The van der Waals surface area contributed by atoms with E-state index in [0.717, 1.165) is 11.1 Å². The molecule has 0 bridgehead atoms. The van der Waals surface area contributed by atoms with Crippen LogP contribution in [0, 0.1) is 0 Å². The summed E-state index contributed by atoms with van der Waals surface area (Å²) in [5, 5.41) is 14.0. The molecule has 0 heterocycles. The molecule has 0 spiro atoms. The third-order valence-electron chi connectivity index (χ3n) is 4.82. The van der Waals surface area contributed by atoms with Crippen LogP contribution in [0.5, 0.6) is 5.75 Å². The predicted octanol–water partition coefficient (Wildman–Crippen LogP) is 4.44. The zero-order valence-electron chi connectivity index (χ0n) is 17.3. The van der Waals surface area contributed by atoms with Crippen molar-refractivity contribution in [2.75, 3.05) is 19.7 Å². The molecule has 1 atom stereocenters. The lowest BCUT2D eigenvalue weighted by Gasteiger charge is -2.13. The molecule has 164 valence electrons. The van der Waals surface area contributed by atoms with Gasteiger partial charge in [-0.3, -0.25) is 0 Å². The first-order valence-electron chi connectivity index (χ1n) is 10.1. The minimum Gasteiger partial charge on any atom is -0.494 e. The average molecular weight is 460 g/mol. The summed E-state index contributed by atoms with van der Waals surface area (Å²) in [6.07, 6.45) is 0.0706. The summed E-state index contributed by atoms with van der Waals surface area (Å²) in [5.74, 6) is 0.534. The number of ether oxygens (including phenoxy) is 1. The van der Waals surface area contributed by atoms with E-state index in [1.165, 1.54) is 0 Å². The van der Waals surface area contributed by atoms with E-state index in [9.17, 15) is 13.5 Å². The molecule has 0 aliphatic heterocycles. The van der Waals surface area contributed by atoms with Crippen molar-refractivity contribution < 1.29 is 18.3 Å². The molecule has 0 aliphatic rings. The zero-order chi connectivity index (χ0) is 22.3. The van der Waals surface area contributed by atoms with Gasteiger partial charge in [0.05, 0.1) is 22.5 Å². The Morgan fingerprint density at radius 3 is 2.45 bits per heavy atom. The van der Waals surface area contributed by atoms with E-state index in [1.54, 1.807) is 48.5 Å². The third kappa shape index (κ3) is 6.31. The second-order valence-corrected chi connectivity index (χ2v) is 9.47. The number of aliphatic hydroxyl groups is 1. The Morgan fingerprint density at radius 2 is 1.74 bits per heavy atom. The van der Waals surface area contributed by atoms with Gasteiger partial charge < -0.3 is 15.2 Å². The Bertz CT molecular complexity index is 1100. The van der Waals surface area contributed by atoms with Crippen molar-refractivity contribution in [1.29, 1.82) is 0 Å². The maximum Gasteiger partial charge on any atom is 0.206 e. The molecular formula is C24H26ClNO4S. The van der Waals surface area contributed by atoms with Crippen LogP contribution >= 0.6 is 11.6 Å². The summed E-state index contributed by atoms with van der Waals surface area (Å²) in [4.78, 5) is 0.456. The minimum absolute atomic E-state index is 0.211. The monoisotopic (exact) mass is 459 g/mol. The van der Waals surface area contributed by atoms with Crippen LogP contribution in [0.15, 0.2) is 82.6 Å². The molecule has 7 heteroatoms. The molecule has 0 radical (unpaired) electrons. The van der Waals surface area contributed by atoms with Gasteiger partial charge in [-0.25, -0.2) is 8.42 Å². The summed E-state index contributed by atoms with van der Waals surface area (Å²) in [5.41, 5.74) is 1.77. The van der Waals surface area contributed by atoms with Crippen molar-refractivity contribution in [3.8, 4) is 5.75 Å². The molecule has 3 rings (SSSR count). The number of halogens is 1. The largest absolute Gasteiger partial charge is 0.494 e. The molecule has 2 N–H and O–H groups in total. The number of hydrogen-bond donors (Lipinski definition) is 2. The highest BCUT2D eigenvalue weighted by Crippen LogP contribution is 2.24. The molecule has 31 heavy (non-hydrogen) atoms. The van der Waals surface area contributed by atoms with E-state index in [2.05, 4.69) is 5.32 Å². The average Bonchev–Trinajstić information content (AvgIpc) is 2.77. The van der Waals surface area contributed by atoms with Crippen LogP contribution in [0.2, 0.25) is 5.02 Å². The molecule has 0 aliphatic carbocycles. The second-order valence-electron chi connectivity index (χ2n) is 7.08. The van der Waals surface area contributed by atoms with Crippen molar-refractivity contribution in [3.63, 3.8) is 0 Å². The van der Waals surface area contributed by atoms with Crippen LogP contribution in [-0.2, 0) is 16.3 Å². The maximum atomic E-state index is 12.9. The van der Waals surface area contributed by atoms with Gasteiger partial charge in [0.1, 0.15) is 5.75 Å². The Kier molecular flexibility index (Phi) is 8.09. The summed E-state index contributed by atoms with van der Waals surface area (Å²) >= 11 is 5.96. The van der Waals surface area contributed by atoms with Gasteiger partial charge in [0, 0.05) is 11.6 Å². The number of hydrogen-bond acceptors (Lipinski definition) is 5. The van der Waals surface area contributed by atoms with E-state index in [1.807, 2.05) is 31.2 Å². The number of aliphatic hydroxyl groups excluding tert-OH is 1. The van der Waals surface area contributed by atoms with Gasteiger partial charge in [0.2, 0.25) is 9.84 Å². The van der Waals surface area contributed by atoms with Crippen molar-refractivity contribution in [2.24, 2.45) is 0 Å². The van der Waals surface area contributed by atoms with Crippen LogP contribution in [0.3, 0.4) is 0 Å². The second kappa shape index (κ2) is 10.8. The lowest BCUT2D eigenvalue weighted by molar-refractivity contribution is 0.175. The smallest absolute Gasteiger partial charge is 0.206 e. The van der Waals surface area contributed by atoms with Crippen LogP contribution < -0.4 is 10.1 Å². The fraction of sp³-hybridized carbons (Fsp3) is 0.250. The summed E-state index contributed by atoms with van der Waals surface area (Å²) in [6.45, 7) is 3.39. The topological polar surface area (TPSA) is 75.6 Å². The van der Waals surface area contributed by atoms with Gasteiger partial charge in [0.25, 0.3) is 0 Å². The Balaban J connectivity index is 1.55. The van der Waals surface area contributed by atoms with Crippen molar-refractivity contribution in [2.45, 2.75) is 29.2 Å². The maximum absolute atomic E-state index is 12.9. The van der Waals surface area contributed by atoms with Crippen LogP contribution in [0.4, 0.5) is 0 Å². The normalized spacial score (nSPS) is 12.5. The molecule has 3 aromatic carbocycles. The van der Waals surface area contributed by atoms with Gasteiger partial charge in [-0.2, -0.15) is 0 Å². The Hall–Kier alpha value is -2.38. The highest BCUT2D eigenvalue weighted by Gasteiger charge is 2.18. The molecule has 1 unspecified atom stereocenters. The first-order valence-corrected chi connectivity index (χ1v) is 12.0. The first-order chi connectivity index (χ1) is 14.9. The van der Waals surface area contributed by atoms with Crippen molar-refractivity contribution in [3.05, 3.63) is 88.9 Å². The van der Waals surface area contributed by atoms with Gasteiger partial charge in [-0.05, 0) is 73.5 Å². The third-order valence-corrected chi connectivity index (χ3v) is 6.82. The lowest BCUT2D eigenvalue weighted by Crippen LogP contribution is -2.23. The van der Waals surface area contributed by atoms with Gasteiger partial charge in [0.15, 0.2) is 0 Å². The molecule has 0 amide bonds. The molecule has 3 aromatic rings. The molecule has 0 saturated carbocycles. The van der Waals surface area contributed by atoms with Crippen LogP contribution in [0.1, 0.15) is 24.2 Å². The first kappa shape index (κ1) is 23.3. The quantitative estimate of drug-likeness (QED) is 0.438. The van der Waals surface area contributed by atoms with Crippen molar-refractivity contribution >= 4 is 21.4 Å². The van der Waals surface area contributed by atoms with Gasteiger partial charge >= 0.3 is 0 Å². The van der Waals surface area contributed by atoms with Crippen LogP contribution in [-0.4, -0.2) is 33.2 Å². The molecule has 0 fully saturated rings. The van der Waals surface area contributed by atoms with Gasteiger partial charge in [-0.1, -0.05) is 41.9 Å². The number of rotatable bonds is 10. The van der Waals surface area contributed by atoms with E-state index in [4.69, 9.17) is 16.3 Å².